The second kappa shape index (κ2) is 12.6. The van der Waals surface area contributed by atoms with Gasteiger partial charge in [0.05, 0.1) is 11.6 Å². The van der Waals surface area contributed by atoms with Gasteiger partial charge < -0.3 is 9.84 Å². The van der Waals surface area contributed by atoms with Gasteiger partial charge in [-0.2, -0.15) is 0 Å². The number of carboxylic acid groups (broad SMARTS) is 1. The molecule has 1 aromatic heterocycles. The molecular formula is C29H36FNO4. The van der Waals surface area contributed by atoms with E-state index in [0.717, 1.165) is 23.2 Å². The number of carbonyl (C=O) groups is 2. The van der Waals surface area contributed by atoms with Crippen molar-refractivity contribution in [2.75, 3.05) is 0 Å². The first-order valence-electron chi connectivity index (χ1n) is 12.7. The van der Waals surface area contributed by atoms with E-state index in [2.05, 4.69) is 24.1 Å². The normalized spacial score (nSPS) is 29.0. The highest BCUT2D eigenvalue weighted by Gasteiger charge is 2.53. The van der Waals surface area contributed by atoms with Gasteiger partial charge in [0.1, 0.15) is 11.9 Å². The number of ether oxygens (including phenoxy) is 1. The van der Waals surface area contributed by atoms with Crippen molar-refractivity contribution in [3.8, 4) is 11.1 Å². The number of hydrogen-bond acceptors (Lipinski definition) is 4. The van der Waals surface area contributed by atoms with E-state index in [-0.39, 0.29) is 36.2 Å². The third-order valence-corrected chi connectivity index (χ3v) is 7.51. The van der Waals surface area contributed by atoms with Gasteiger partial charge in [-0.25, -0.2) is 4.39 Å². The molecule has 188 valence electrons. The van der Waals surface area contributed by atoms with E-state index < -0.39 is 0 Å². The molecule has 2 heterocycles. The Labute approximate surface area is 207 Å². The van der Waals surface area contributed by atoms with Gasteiger partial charge in [-0.05, 0) is 67.4 Å². The number of hydrogen-bond donors (Lipinski definition) is 1. The van der Waals surface area contributed by atoms with Crippen LogP contribution in [0.3, 0.4) is 0 Å². The van der Waals surface area contributed by atoms with Crippen molar-refractivity contribution in [2.45, 2.75) is 59.0 Å². The Kier molecular flexibility index (Phi) is 9.58. The fraction of sp³-hybridized carbons (Fsp3) is 0.483. The summed E-state index contributed by atoms with van der Waals surface area (Å²) in [7, 11) is 0. The standard InChI is InChI=1S/C26H28FNO2.C2H6.CH2O2/c1-16-25-23(22-8-3-2-5-18(22)14-24(25)26(29)30-16)12-11-21-10-9-19(15-28-21)17-6-4-7-20(27)13-17;1-2;2-1-3/h4,6-7,9-13,15-16,18,22-25H,2-3,5,8,14H2,1H3;1-2H3;1H,(H,2,3)/b12-11+;;/t16?,18?,22?,23?,24?,25-;;/m1../s1. The van der Waals surface area contributed by atoms with Crippen LogP contribution >= 0.6 is 0 Å². The summed E-state index contributed by atoms with van der Waals surface area (Å²) in [5.41, 5.74) is 2.62. The van der Waals surface area contributed by atoms with Crippen LogP contribution in [0, 0.1) is 35.4 Å². The monoisotopic (exact) mass is 481 g/mol. The smallest absolute Gasteiger partial charge is 0.309 e. The lowest BCUT2D eigenvalue weighted by Crippen LogP contribution is -2.42. The molecule has 0 bridgehead atoms. The largest absolute Gasteiger partial charge is 0.483 e. The van der Waals surface area contributed by atoms with Crippen LogP contribution in [-0.4, -0.2) is 28.6 Å². The van der Waals surface area contributed by atoms with Crippen LogP contribution in [0.1, 0.15) is 58.6 Å². The number of pyridine rings is 1. The van der Waals surface area contributed by atoms with Gasteiger partial charge in [-0.3, -0.25) is 14.6 Å². The Hall–Kier alpha value is -3.02. The lowest BCUT2D eigenvalue weighted by atomic mass is 9.57. The quantitative estimate of drug-likeness (QED) is 0.393. The van der Waals surface area contributed by atoms with Crippen molar-refractivity contribution >= 4 is 18.5 Å². The average molecular weight is 482 g/mol. The Bertz CT molecular complexity index is 1010. The summed E-state index contributed by atoms with van der Waals surface area (Å²) in [6, 6.07) is 10.5. The third-order valence-electron chi connectivity index (χ3n) is 7.51. The maximum absolute atomic E-state index is 13.5. The summed E-state index contributed by atoms with van der Waals surface area (Å²) in [6.07, 6.45) is 12.2. The number of aromatic nitrogens is 1. The SMILES string of the molecule is CC.CC1OC(=O)C2CC3CCCCC3C(/C=C/c3ccc(-c4cccc(F)c4)cn3)[C@@H]12.O=CO. The minimum absolute atomic E-state index is 0.00694. The summed E-state index contributed by atoms with van der Waals surface area (Å²) < 4.78 is 19.1. The number of carbonyl (C=O) groups excluding carboxylic acids is 1. The van der Waals surface area contributed by atoms with E-state index in [1.54, 1.807) is 12.3 Å². The molecule has 5 nitrogen and oxygen atoms in total. The van der Waals surface area contributed by atoms with Gasteiger partial charge in [-0.15, -0.1) is 0 Å². The molecule has 5 rings (SSSR count). The van der Waals surface area contributed by atoms with E-state index in [4.69, 9.17) is 14.6 Å². The Morgan fingerprint density at radius 3 is 2.54 bits per heavy atom. The van der Waals surface area contributed by atoms with Gasteiger partial charge in [0.2, 0.25) is 0 Å². The van der Waals surface area contributed by atoms with Crippen LogP contribution in [-0.2, 0) is 14.3 Å². The van der Waals surface area contributed by atoms with Crippen molar-refractivity contribution in [3.05, 3.63) is 60.2 Å². The second-order valence-corrected chi connectivity index (χ2v) is 9.29. The zero-order valence-corrected chi connectivity index (χ0v) is 20.8. The van der Waals surface area contributed by atoms with Crippen molar-refractivity contribution < 1.29 is 23.8 Å². The van der Waals surface area contributed by atoms with E-state index in [0.29, 0.717) is 17.8 Å². The zero-order chi connectivity index (χ0) is 25.4. The summed E-state index contributed by atoms with van der Waals surface area (Å²) in [5, 5.41) is 6.89. The van der Waals surface area contributed by atoms with Gasteiger partial charge >= 0.3 is 5.97 Å². The van der Waals surface area contributed by atoms with Gasteiger partial charge in [-0.1, -0.05) is 57.4 Å². The van der Waals surface area contributed by atoms with Gasteiger partial charge in [0.25, 0.3) is 6.47 Å². The van der Waals surface area contributed by atoms with Gasteiger partial charge in [0.15, 0.2) is 0 Å². The maximum Gasteiger partial charge on any atom is 0.309 e. The number of halogens is 1. The molecule has 0 spiro atoms. The number of benzene rings is 1. The molecule has 6 heteroatoms. The van der Waals surface area contributed by atoms with Crippen molar-refractivity contribution in [3.63, 3.8) is 0 Å². The fourth-order valence-electron chi connectivity index (χ4n) is 6.14. The van der Waals surface area contributed by atoms with Crippen molar-refractivity contribution in [1.29, 1.82) is 0 Å². The molecule has 1 saturated heterocycles. The molecule has 1 aromatic carbocycles. The molecule has 1 aliphatic heterocycles. The maximum atomic E-state index is 13.5. The highest BCUT2D eigenvalue weighted by atomic mass is 19.1. The first-order valence-corrected chi connectivity index (χ1v) is 12.7. The van der Waals surface area contributed by atoms with E-state index in [1.165, 1.54) is 37.8 Å². The minimum Gasteiger partial charge on any atom is -0.483 e. The first kappa shape index (κ1) is 26.6. The van der Waals surface area contributed by atoms with Crippen LogP contribution in [0.4, 0.5) is 4.39 Å². The summed E-state index contributed by atoms with van der Waals surface area (Å²) in [5.74, 6) is 1.73. The van der Waals surface area contributed by atoms with Crippen molar-refractivity contribution in [2.24, 2.45) is 29.6 Å². The van der Waals surface area contributed by atoms with Crippen molar-refractivity contribution in [1.82, 2.24) is 4.98 Å². The number of rotatable bonds is 3. The predicted molar refractivity (Wildman–Crippen MR) is 135 cm³/mol. The molecule has 0 amide bonds. The number of nitrogens with zero attached hydrogens (tertiary/aromatic N) is 1. The van der Waals surface area contributed by atoms with Crippen LogP contribution in [0.5, 0.6) is 0 Å². The van der Waals surface area contributed by atoms with E-state index in [1.807, 2.05) is 32.0 Å². The molecule has 3 fully saturated rings. The Morgan fingerprint density at radius 2 is 1.86 bits per heavy atom. The molecule has 6 atom stereocenters. The fourth-order valence-corrected chi connectivity index (χ4v) is 6.14. The Morgan fingerprint density at radius 1 is 1.11 bits per heavy atom. The van der Waals surface area contributed by atoms with E-state index in [9.17, 15) is 9.18 Å². The number of cyclic esters (lactones) is 1. The van der Waals surface area contributed by atoms with Crippen LogP contribution in [0.25, 0.3) is 17.2 Å². The molecular weight excluding hydrogens is 445 g/mol. The summed E-state index contributed by atoms with van der Waals surface area (Å²) in [6.45, 7) is 5.80. The van der Waals surface area contributed by atoms with Crippen LogP contribution in [0.2, 0.25) is 0 Å². The van der Waals surface area contributed by atoms with E-state index >= 15 is 0 Å². The van der Waals surface area contributed by atoms with Crippen LogP contribution in [0.15, 0.2) is 48.7 Å². The summed E-state index contributed by atoms with van der Waals surface area (Å²) in [4.78, 5) is 25.4. The average Bonchev–Trinajstić information content (AvgIpc) is 3.16. The molecule has 2 aliphatic carbocycles. The highest BCUT2D eigenvalue weighted by Crippen LogP contribution is 2.53. The molecule has 3 aliphatic rings. The molecule has 5 unspecified atom stereocenters. The molecule has 1 N–H and O–H groups in total. The second-order valence-electron chi connectivity index (χ2n) is 9.29. The van der Waals surface area contributed by atoms with Crippen LogP contribution < -0.4 is 0 Å². The number of esters is 1. The summed E-state index contributed by atoms with van der Waals surface area (Å²) >= 11 is 0. The molecule has 2 aromatic rings. The topological polar surface area (TPSA) is 76.5 Å². The molecule has 0 radical (unpaired) electrons. The number of allylic oxidation sites excluding steroid dienone is 1. The highest BCUT2D eigenvalue weighted by molar-refractivity contribution is 5.75. The van der Waals surface area contributed by atoms with Gasteiger partial charge in [0, 0.05) is 17.7 Å². The molecule has 35 heavy (non-hydrogen) atoms. The third kappa shape index (κ3) is 6.16. The zero-order valence-electron chi connectivity index (χ0n) is 20.8. The molecule has 2 saturated carbocycles. The number of fused-ring (bicyclic) bond motifs is 2. The predicted octanol–water partition coefficient (Wildman–Crippen LogP) is 6.63. The minimum atomic E-state index is -0.250. The Balaban J connectivity index is 0.000000638. The lowest BCUT2D eigenvalue weighted by molar-refractivity contribution is -0.144. The first-order chi connectivity index (χ1) is 17.0. The lowest BCUT2D eigenvalue weighted by Gasteiger charge is -2.45.